The average molecular weight is 287 g/mol. The van der Waals surface area contributed by atoms with Gasteiger partial charge in [-0.2, -0.15) is 0 Å². The minimum Gasteiger partial charge on any atom is -0.478 e. The Kier molecular flexibility index (Phi) is 4.45. The van der Waals surface area contributed by atoms with E-state index in [0.29, 0.717) is 11.3 Å². The van der Waals surface area contributed by atoms with Crippen molar-refractivity contribution < 1.29 is 9.90 Å². The summed E-state index contributed by atoms with van der Waals surface area (Å²) >= 11 is 1.55. The van der Waals surface area contributed by atoms with Gasteiger partial charge in [0.1, 0.15) is 0 Å². The summed E-state index contributed by atoms with van der Waals surface area (Å²) in [7, 11) is 0. The van der Waals surface area contributed by atoms with Gasteiger partial charge >= 0.3 is 5.97 Å². The third-order valence-electron chi connectivity index (χ3n) is 3.15. The second-order valence-electron chi connectivity index (χ2n) is 4.74. The number of thioether (sulfide) groups is 1. The van der Waals surface area contributed by atoms with Crippen LogP contribution in [0, 0.1) is 20.8 Å². The molecule has 4 heteroatoms. The van der Waals surface area contributed by atoms with Crippen molar-refractivity contribution in [3.05, 3.63) is 58.4 Å². The smallest absolute Gasteiger partial charge is 0.338 e. The molecule has 1 N–H and O–H groups in total. The van der Waals surface area contributed by atoms with E-state index in [2.05, 4.69) is 24.0 Å². The summed E-state index contributed by atoms with van der Waals surface area (Å²) < 4.78 is 0. The monoisotopic (exact) mass is 287 g/mol. The Labute approximate surface area is 123 Å². The van der Waals surface area contributed by atoms with Crippen molar-refractivity contribution in [2.24, 2.45) is 0 Å². The molecule has 0 bridgehead atoms. The number of hydrogen-bond acceptors (Lipinski definition) is 3. The van der Waals surface area contributed by atoms with Crippen molar-refractivity contribution in [3.8, 4) is 0 Å². The highest BCUT2D eigenvalue weighted by Gasteiger charge is 2.16. The third-order valence-corrected chi connectivity index (χ3v) is 4.24. The van der Waals surface area contributed by atoms with Gasteiger partial charge in [-0.1, -0.05) is 24.3 Å². The summed E-state index contributed by atoms with van der Waals surface area (Å²) in [6.07, 6.45) is 0. The number of aryl methyl sites for hydroxylation is 3. The third kappa shape index (κ3) is 3.20. The van der Waals surface area contributed by atoms with E-state index in [1.165, 1.54) is 11.1 Å². The van der Waals surface area contributed by atoms with Crippen LogP contribution in [0.5, 0.6) is 0 Å². The molecule has 104 valence electrons. The molecule has 0 saturated heterocycles. The van der Waals surface area contributed by atoms with Crippen LogP contribution in [0.25, 0.3) is 0 Å². The highest BCUT2D eigenvalue weighted by atomic mass is 32.2. The normalized spacial score (nSPS) is 10.6. The minimum atomic E-state index is -0.915. The molecular formula is C16H17NO2S. The largest absolute Gasteiger partial charge is 0.478 e. The number of carboxylic acid groups (broad SMARTS) is 1. The summed E-state index contributed by atoms with van der Waals surface area (Å²) in [6.45, 7) is 5.70. The van der Waals surface area contributed by atoms with E-state index in [0.717, 1.165) is 16.3 Å². The average Bonchev–Trinajstić information content (AvgIpc) is 2.36. The number of benzene rings is 1. The van der Waals surface area contributed by atoms with Gasteiger partial charge in [0, 0.05) is 16.3 Å². The predicted octanol–water partition coefficient (Wildman–Crippen LogP) is 4.00. The van der Waals surface area contributed by atoms with Crippen molar-refractivity contribution in [1.29, 1.82) is 0 Å². The Morgan fingerprint density at radius 2 is 1.95 bits per heavy atom. The van der Waals surface area contributed by atoms with Crippen LogP contribution in [0.2, 0.25) is 0 Å². The number of nitrogens with zero attached hydrogens (tertiary/aromatic N) is 1. The van der Waals surface area contributed by atoms with Gasteiger partial charge in [-0.05, 0) is 38.0 Å². The molecule has 0 aliphatic rings. The molecule has 0 aliphatic heterocycles. The van der Waals surface area contributed by atoms with E-state index in [1.807, 2.05) is 25.1 Å². The standard InChI is InChI=1S/C16H17NO2S/c1-10-6-4-5-7-13(10)9-20-14-8-11(2)17-12(3)15(14)16(18)19/h4-8H,9H2,1-3H3,(H,18,19). The van der Waals surface area contributed by atoms with Crippen LogP contribution < -0.4 is 0 Å². The van der Waals surface area contributed by atoms with Gasteiger partial charge in [-0.15, -0.1) is 11.8 Å². The van der Waals surface area contributed by atoms with Gasteiger partial charge in [0.15, 0.2) is 0 Å². The number of carbonyl (C=O) groups is 1. The van der Waals surface area contributed by atoms with Gasteiger partial charge < -0.3 is 5.11 Å². The number of pyridine rings is 1. The van der Waals surface area contributed by atoms with Crippen LogP contribution in [-0.4, -0.2) is 16.1 Å². The highest BCUT2D eigenvalue weighted by molar-refractivity contribution is 7.98. The first-order valence-corrected chi connectivity index (χ1v) is 7.36. The Morgan fingerprint density at radius 1 is 1.25 bits per heavy atom. The van der Waals surface area contributed by atoms with Gasteiger partial charge in [0.25, 0.3) is 0 Å². The number of carboxylic acids is 1. The lowest BCUT2D eigenvalue weighted by molar-refractivity contribution is 0.0691. The van der Waals surface area contributed by atoms with Crippen molar-refractivity contribution in [2.75, 3.05) is 0 Å². The molecule has 1 aromatic carbocycles. The lowest BCUT2D eigenvalue weighted by Crippen LogP contribution is -2.05. The number of rotatable bonds is 4. The zero-order valence-corrected chi connectivity index (χ0v) is 12.6. The Hall–Kier alpha value is -1.81. The predicted molar refractivity (Wildman–Crippen MR) is 81.4 cm³/mol. The van der Waals surface area contributed by atoms with Gasteiger partial charge in [0.2, 0.25) is 0 Å². The summed E-state index contributed by atoms with van der Waals surface area (Å²) in [5.74, 6) is -0.155. The van der Waals surface area contributed by atoms with E-state index < -0.39 is 5.97 Å². The summed E-state index contributed by atoms with van der Waals surface area (Å²) in [4.78, 5) is 16.4. The number of aromatic carboxylic acids is 1. The van der Waals surface area contributed by atoms with Gasteiger partial charge in [-0.25, -0.2) is 4.79 Å². The first-order chi connectivity index (χ1) is 9.49. The fourth-order valence-electron chi connectivity index (χ4n) is 2.09. The van der Waals surface area contributed by atoms with E-state index in [-0.39, 0.29) is 0 Å². The Bertz CT molecular complexity index is 653. The molecule has 0 amide bonds. The van der Waals surface area contributed by atoms with Crippen LogP contribution >= 0.6 is 11.8 Å². The SMILES string of the molecule is Cc1cc(SCc2ccccc2C)c(C(=O)O)c(C)n1. The first kappa shape index (κ1) is 14.6. The molecule has 0 spiro atoms. The Balaban J connectivity index is 2.30. The lowest BCUT2D eigenvalue weighted by Gasteiger charge is -2.10. The molecule has 1 heterocycles. The molecule has 0 radical (unpaired) electrons. The zero-order chi connectivity index (χ0) is 14.7. The van der Waals surface area contributed by atoms with E-state index in [1.54, 1.807) is 18.7 Å². The van der Waals surface area contributed by atoms with E-state index >= 15 is 0 Å². The number of hydrogen-bond donors (Lipinski definition) is 1. The fourth-order valence-corrected chi connectivity index (χ4v) is 3.36. The van der Waals surface area contributed by atoms with Crippen LogP contribution in [0.1, 0.15) is 32.9 Å². The lowest BCUT2D eigenvalue weighted by atomic mass is 10.1. The highest BCUT2D eigenvalue weighted by Crippen LogP contribution is 2.29. The molecule has 20 heavy (non-hydrogen) atoms. The molecule has 0 fully saturated rings. The van der Waals surface area contributed by atoms with Crippen LogP contribution in [0.3, 0.4) is 0 Å². The number of aromatic nitrogens is 1. The van der Waals surface area contributed by atoms with Crippen molar-refractivity contribution in [1.82, 2.24) is 4.98 Å². The minimum absolute atomic E-state index is 0.314. The molecule has 0 aliphatic carbocycles. The molecule has 0 atom stereocenters. The van der Waals surface area contributed by atoms with Gasteiger partial charge in [-0.3, -0.25) is 4.98 Å². The molecule has 2 rings (SSSR count). The fraction of sp³-hybridized carbons (Fsp3) is 0.250. The van der Waals surface area contributed by atoms with Crippen molar-refractivity contribution >= 4 is 17.7 Å². The molecule has 2 aromatic rings. The topological polar surface area (TPSA) is 50.2 Å². The maximum absolute atomic E-state index is 11.4. The Morgan fingerprint density at radius 3 is 2.60 bits per heavy atom. The van der Waals surface area contributed by atoms with Gasteiger partial charge in [0.05, 0.1) is 11.3 Å². The molecule has 3 nitrogen and oxygen atoms in total. The first-order valence-electron chi connectivity index (χ1n) is 6.38. The second-order valence-corrected chi connectivity index (χ2v) is 5.76. The molecule has 1 aromatic heterocycles. The quantitative estimate of drug-likeness (QED) is 0.864. The van der Waals surface area contributed by atoms with E-state index in [4.69, 9.17) is 0 Å². The maximum Gasteiger partial charge on any atom is 0.338 e. The van der Waals surface area contributed by atoms with Crippen molar-refractivity contribution in [3.63, 3.8) is 0 Å². The molecule has 0 saturated carbocycles. The summed E-state index contributed by atoms with van der Waals surface area (Å²) in [5.41, 5.74) is 4.18. The zero-order valence-electron chi connectivity index (χ0n) is 11.8. The van der Waals surface area contributed by atoms with Crippen LogP contribution in [-0.2, 0) is 5.75 Å². The molecule has 0 unspecified atom stereocenters. The second kappa shape index (κ2) is 6.09. The van der Waals surface area contributed by atoms with Crippen LogP contribution in [0.15, 0.2) is 35.2 Å². The molecular weight excluding hydrogens is 270 g/mol. The summed E-state index contributed by atoms with van der Waals surface area (Å²) in [6, 6.07) is 10.00. The van der Waals surface area contributed by atoms with Crippen LogP contribution in [0.4, 0.5) is 0 Å². The van der Waals surface area contributed by atoms with E-state index in [9.17, 15) is 9.90 Å². The maximum atomic E-state index is 11.4. The summed E-state index contributed by atoms with van der Waals surface area (Å²) in [5, 5.41) is 9.34. The van der Waals surface area contributed by atoms with Crippen molar-refractivity contribution in [2.45, 2.75) is 31.4 Å².